The van der Waals surface area contributed by atoms with E-state index in [1.165, 1.54) is 0 Å². The van der Waals surface area contributed by atoms with Crippen molar-refractivity contribution >= 4 is 45.5 Å². The minimum absolute atomic E-state index is 0. The fourth-order valence-electron chi connectivity index (χ4n) is 1.45. The van der Waals surface area contributed by atoms with Gasteiger partial charge >= 0.3 is 0 Å². The molecule has 1 aromatic carbocycles. The number of hydrogen-bond donors (Lipinski definition) is 2. The molecule has 0 saturated carbocycles. The highest BCUT2D eigenvalue weighted by Gasteiger charge is 2.28. The largest absolute Gasteiger partial charge is 0.497 e. The molecule has 0 saturated heterocycles. The highest BCUT2D eigenvalue weighted by molar-refractivity contribution is 14.0. The number of hydrogen-bond acceptors (Lipinski definition) is 4. The number of ether oxygens (including phenoxy) is 1. The first-order chi connectivity index (χ1) is 9.65. The van der Waals surface area contributed by atoms with Crippen LogP contribution in [0.5, 0.6) is 5.75 Å². The first-order valence-electron chi connectivity index (χ1n) is 6.59. The predicted molar refractivity (Wildman–Crippen MR) is 102 cm³/mol. The van der Waals surface area contributed by atoms with Crippen LogP contribution in [0.15, 0.2) is 29.3 Å². The molecule has 0 bridgehead atoms. The summed E-state index contributed by atoms with van der Waals surface area (Å²) in [4.78, 5) is 4.03. The van der Waals surface area contributed by atoms with E-state index in [1.54, 1.807) is 52.1 Å². The van der Waals surface area contributed by atoms with E-state index in [2.05, 4.69) is 10.3 Å². The second-order valence-corrected chi connectivity index (χ2v) is 8.41. The molecule has 0 fully saturated rings. The summed E-state index contributed by atoms with van der Waals surface area (Å²) in [5, 5.41) is 2.90. The molecule has 0 heterocycles. The first-order valence-corrected chi connectivity index (χ1v) is 8.24. The lowest BCUT2D eigenvalue weighted by Crippen LogP contribution is -2.32. The molecule has 0 atom stereocenters. The lowest BCUT2D eigenvalue weighted by atomic mass is 10.3. The van der Waals surface area contributed by atoms with Gasteiger partial charge in [-0.05, 0) is 45.0 Å². The molecule has 126 valence electrons. The van der Waals surface area contributed by atoms with Crippen molar-refractivity contribution in [1.82, 2.24) is 0 Å². The monoisotopic (exact) mass is 441 g/mol. The molecule has 1 rings (SSSR count). The summed E-state index contributed by atoms with van der Waals surface area (Å²) in [6.45, 7) is 5.15. The van der Waals surface area contributed by atoms with Gasteiger partial charge in [-0.2, -0.15) is 0 Å². The van der Waals surface area contributed by atoms with Crippen LogP contribution in [0.25, 0.3) is 0 Å². The van der Waals surface area contributed by atoms with Gasteiger partial charge in [0.05, 0.1) is 24.2 Å². The van der Waals surface area contributed by atoms with E-state index < -0.39 is 14.6 Å². The Balaban J connectivity index is 0.00000441. The number of halogens is 1. The van der Waals surface area contributed by atoms with E-state index >= 15 is 0 Å². The summed E-state index contributed by atoms with van der Waals surface area (Å²) in [6.07, 6.45) is 0. The fraction of sp³-hybridized carbons (Fsp3) is 0.500. The molecule has 6 nitrogen and oxygen atoms in total. The molecule has 1 aromatic rings. The van der Waals surface area contributed by atoms with Gasteiger partial charge < -0.3 is 15.8 Å². The number of nitrogens with zero attached hydrogens (tertiary/aromatic N) is 1. The summed E-state index contributed by atoms with van der Waals surface area (Å²) in [5.41, 5.74) is 6.49. The lowest BCUT2D eigenvalue weighted by Gasteiger charge is -2.18. The summed E-state index contributed by atoms with van der Waals surface area (Å²) in [6, 6.07) is 7.18. The van der Waals surface area contributed by atoms with Crippen LogP contribution in [0, 0.1) is 0 Å². The number of guanidine groups is 1. The molecular weight excluding hydrogens is 417 g/mol. The van der Waals surface area contributed by atoms with Crippen LogP contribution in [0.3, 0.4) is 0 Å². The molecule has 8 heteroatoms. The highest BCUT2D eigenvalue weighted by Crippen LogP contribution is 2.16. The second kappa shape index (κ2) is 8.56. The van der Waals surface area contributed by atoms with Crippen molar-refractivity contribution in [2.45, 2.75) is 25.5 Å². The third-order valence-electron chi connectivity index (χ3n) is 2.94. The minimum Gasteiger partial charge on any atom is -0.497 e. The van der Waals surface area contributed by atoms with Crippen LogP contribution >= 0.6 is 24.0 Å². The molecule has 0 aliphatic heterocycles. The highest BCUT2D eigenvalue weighted by atomic mass is 127. The fourth-order valence-corrected chi connectivity index (χ4v) is 2.40. The number of methoxy groups -OCH3 is 1. The van der Waals surface area contributed by atoms with Gasteiger partial charge in [0.15, 0.2) is 15.8 Å². The summed E-state index contributed by atoms with van der Waals surface area (Å²) in [5.74, 6) is 0.901. The van der Waals surface area contributed by atoms with E-state index in [0.717, 1.165) is 11.4 Å². The van der Waals surface area contributed by atoms with Crippen molar-refractivity contribution < 1.29 is 13.2 Å². The van der Waals surface area contributed by atoms with Crippen molar-refractivity contribution in [3.05, 3.63) is 24.3 Å². The Morgan fingerprint density at radius 2 is 1.82 bits per heavy atom. The third-order valence-corrected chi connectivity index (χ3v) is 5.52. The molecule has 0 spiro atoms. The molecule has 0 aliphatic rings. The molecule has 0 unspecified atom stereocenters. The Kier molecular flexibility index (Phi) is 8.16. The number of sulfone groups is 1. The van der Waals surface area contributed by atoms with E-state index in [9.17, 15) is 8.42 Å². The topological polar surface area (TPSA) is 93.8 Å². The average Bonchev–Trinajstić information content (AvgIpc) is 2.38. The smallest absolute Gasteiger partial charge is 0.193 e. The standard InChI is InChI=1S/C14H23N3O3S.HI/c1-14(2,3)21(18,19)10-9-16-13(15)17-11-5-7-12(20-4)8-6-11;/h5-8H,9-10H2,1-4H3,(H3,15,16,17);1H. The Morgan fingerprint density at radius 1 is 1.27 bits per heavy atom. The van der Waals surface area contributed by atoms with E-state index in [-0.39, 0.29) is 42.2 Å². The third kappa shape index (κ3) is 6.39. The zero-order valence-electron chi connectivity index (χ0n) is 13.3. The van der Waals surface area contributed by atoms with Gasteiger partial charge in [0.2, 0.25) is 0 Å². The SMILES string of the molecule is COc1ccc(NC(N)=NCCS(=O)(=O)C(C)(C)C)cc1.I. The lowest BCUT2D eigenvalue weighted by molar-refractivity contribution is 0.415. The van der Waals surface area contributed by atoms with Gasteiger partial charge in [-0.1, -0.05) is 0 Å². The normalized spacial score (nSPS) is 12.5. The summed E-state index contributed by atoms with van der Waals surface area (Å²) >= 11 is 0. The summed E-state index contributed by atoms with van der Waals surface area (Å²) < 4.78 is 28.1. The number of rotatable bonds is 5. The molecule has 0 amide bonds. The Labute approximate surface area is 149 Å². The second-order valence-electron chi connectivity index (χ2n) is 5.55. The van der Waals surface area contributed by atoms with Crippen LogP contribution in [-0.4, -0.2) is 38.5 Å². The van der Waals surface area contributed by atoms with Gasteiger partial charge in [0.1, 0.15) is 5.75 Å². The van der Waals surface area contributed by atoms with Crippen molar-refractivity contribution in [2.24, 2.45) is 10.7 Å². The molecule has 0 aromatic heterocycles. The maximum absolute atomic E-state index is 11.9. The molecule has 0 aliphatic carbocycles. The van der Waals surface area contributed by atoms with Gasteiger partial charge in [0, 0.05) is 5.69 Å². The number of aliphatic imine (C=N–C) groups is 1. The Morgan fingerprint density at radius 3 is 2.27 bits per heavy atom. The molecule has 3 N–H and O–H groups in total. The molecule has 22 heavy (non-hydrogen) atoms. The number of nitrogens with one attached hydrogen (secondary N) is 1. The molecular formula is C14H24IN3O3S. The number of anilines is 1. The quantitative estimate of drug-likeness (QED) is 0.416. The van der Waals surface area contributed by atoms with E-state index in [1.807, 2.05) is 0 Å². The van der Waals surface area contributed by atoms with Crippen LogP contribution in [0.4, 0.5) is 5.69 Å². The van der Waals surface area contributed by atoms with Crippen molar-refractivity contribution in [1.29, 1.82) is 0 Å². The van der Waals surface area contributed by atoms with Crippen LogP contribution in [0.2, 0.25) is 0 Å². The van der Waals surface area contributed by atoms with Gasteiger partial charge in [0.25, 0.3) is 0 Å². The van der Waals surface area contributed by atoms with E-state index in [0.29, 0.717) is 0 Å². The minimum atomic E-state index is -3.18. The van der Waals surface area contributed by atoms with Crippen molar-refractivity contribution in [2.75, 3.05) is 24.7 Å². The predicted octanol–water partition coefficient (Wildman–Crippen LogP) is 2.25. The number of nitrogens with two attached hydrogens (primary N) is 1. The van der Waals surface area contributed by atoms with Crippen LogP contribution in [-0.2, 0) is 9.84 Å². The Bertz CT molecular complexity index is 593. The van der Waals surface area contributed by atoms with Crippen LogP contribution in [0.1, 0.15) is 20.8 Å². The number of benzene rings is 1. The zero-order valence-corrected chi connectivity index (χ0v) is 16.4. The maximum Gasteiger partial charge on any atom is 0.193 e. The van der Waals surface area contributed by atoms with Crippen molar-refractivity contribution in [3.63, 3.8) is 0 Å². The van der Waals surface area contributed by atoms with Gasteiger partial charge in [-0.3, -0.25) is 4.99 Å². The van der Waals surface area contributed by atoms with Gasteiger partial charge in [-0.15, -0.1) is 24.0 Å². The maximum atomic E-state index is 11.9. The van der Waals surface area contributed by atoms with Crippen molar-refractivity contribution in [3.8, 4) is 5.75 Å². The van der Waals surface area contributed by atoms with E-state index in [4.69, 9.17) is 10.5 Å². The summed E-state index contributed by atoms with van der Waals surface area (Å²) in [7, 11) is -1.59. The molecule has 0 radical (unpaired) electrons. The Hall–Kier alpha value is -1.03. The average molecular weight is 441 g/mol. The zero-order chi connectivity index (χ0) is 16.1. The van der Waals surface area contributed by atoms with Gasteiger partial charge in [-0.25, -0.2) is 8.42 Å². The van der Waals surface area contributed by atoms with Crippen LogP contribution < -0.4 is 15.8 Å². The first kappa shape index (κ1) is 21.0.